The molecule has 1 saturated heterocycles. The van der Waals surface area contributed by atoms with Crippen LogP contribution in [0.1, 0.15) is 24.4 Å². The number of hydrogen-bond donors (Lipinski definition) is 1. The van der Waals surface area contributed by atoms with E-state index in [4.69, 9.17) is 8.94 Å². The molecule has 7 nitrogen and oxygen atoms in total. The summed E-state index contributed by atoms with van der Waals surface area (Å²) in [4.78, 5) is 18.1. The van der Waals surface area contributed by atoms with Crippen molar-refractivity contribution in [2.24, 2.45) is 0 Å². The Morgan fingerprint density at radius 2 is 2.00 bits per heavy atom. The summed E-state index contributed by atoms with van der Waals surface area (Å²) in [6.45, 7) is 4.67. The predicted molar refractivity (Wildman–Crippen MR) is 95.7 cm³/mol. The van der Waals surface area contributed by atoms with Gasteiger partial charge in [0.15, 0.2) is 0 Å². The summed E-state index contributed by atoms with van der Waals surface area (Å²) in [5.41, 5.74) is 0.877. The number of furan rings is 1. The van der Waals surface area contributed by atoms with Gasteiger partial charge in [-0.15, -0.1) is 0 Å². The molecule has 26 heavy (non-hydrogen) atoms. The minimum Gasteiger partial charge on any atom is -0.466 e. The fourth-order valence-electron chi connectivity index (χ4n) is 3.36. The fourth-order valence-corrected chi connectivity index (χ4v) is 3.36. The molecule has 0 radical (unpaired) electrons. The second kappa shape index (κ2) is 6.67. The lowest BCUT2D eigenvalue weighted by molar-refractivity contribution is -0.119. The van der Waals surface area contributed by atoms with Crippen LogP contribution in [0.3, 0.4) is 0 Å². The largest absolute Gasteiger partial charge is 0.466 e. The Hall–Kier alpha value is -3.09. The normalized spacial score (nSPS) is 19.7. The number of nitrogens with one attached hydrogen (secondary N) is 1. The van der Waals surface area contributed by atoms with Crippen molar-refractivity contribution in [2.75, 3.05) is 18.0 Å². The summed E-state index contributed by atoms with van der Waals surface area (Å²) in [7, 11) is 0. The first-order chi connectivity index (χ1) is 12.6. The maximum absolute atomic E-state index is 11.6. The number of anilines is 1. The van der Waals surface area contributed by atoms with Gasteiger partial charge in [-0.05, 0) is 36.3 Å². The van der Waals surface area contributed by atoms with Gasteiger partial charge in [0.1, 0.15) is 11.5 Å². The lowest BCUT2D eigenvalue weighted by atomic mass is 10.0. The molecule has 1 fully saturated rings. The van der Waals surface area contributed by atoms with Gasteiger partial charge in [-0.25, -0.2) is 0 Å². The van der Waals surface area contributed by atoms with Gasteiger partial charge in [0.25, 0.3) is 11.8 Å². The molecule has 0 bridgehead atoms. The lowest BCUT2D eigenvalue weighted by Crippen LogP contribution is -2.38. The first-order valence-corrected chi connectivity index (χ1v) is 8.57. The molecule has 0 saturated carbocycles. The van der Waals surface area contributed by atoms with Gasteiger partial charge in [-0.3, -0.25) is 4.79 Å². The van der Waals surface area contributed by atoms with Crippen molar-refractivity contribution in [1.29, 1.82) is 0 Å². The van der Waals surface area contributed by atoms with Gasteiger partial charge in [0.05, 0.1) is 12.0 Å². The third kappa shape index (κ3) is 3.20. The highest BCUT2D eigenvalue weighted by molar-refractivity contribution is 5.73. The van der Waals surface area contributed by atoms with E-state index in [2.05, 4.69) is 15.5 Å². The Morgan fingerprint density at radius 3 is 2.69 bits per heavy atom. The van der Waals surface area contributed by atoms with Crippen LogP contribution in [-0.4, -0.2) is 35.2 Å². The van der Waals surface area contributed by atoms with Gasteiger partial charge in [0.2, 0.25) is 5.91 Å². The molecule has 0 unspecified atom stereocenters. The van der Waals surface area contributed by atoms with Crippen LogP contribution in [0.4, 0.5) is 5.95 Å². The summed E-state index contributed by atoms with van der Waals surface area (Å²) in [5, 5.41) is 7.13. The van der Waals surface area contributed by atoms with Crippen LogP contribution in [0.5, 0.6) is 0 Å². The van der Waals surface area contributed by atoms with Crippen molar-refractivity contribution >= 4 is 11.9 Å². The smallest absolute Gasteiger partial charge is 0.266 e. The molecule has 3 aromatic rings. The third-order valence-corrected chi connectivity index (χ3v) is 4.55. The van der Waals surface area contributed by atoms with E-state index in [9.17, 15) is 4.79 Å². The minimum absolute atomic E-state index is 0.0336. The van der Waals surface area contributed by atoms with Crippen molar-refractivity contribution in [3.05, 3.63) is 54.0 Å². The fraction of sp³-hybridized carbons (Fsp3) is 0.316. The summed E-state index contributed by atoms with van der Waals surface area (Å²) >= 11 is 0. The standard InChI is InChI=1S/C19H20N4O3/c1-12-8-9-17(25-12)15-10-23(11-16(15)20-13(2)24)19-21-18(26-22-19)14-6-4-3-5-7-14/h3-9,15-16H,10-11H2,1-2H3,(H,20,24)/t15-,16-/m1/s1. The number of carbonyl (C=O) groups excluding carboxylic acids is 1. The topological polar surface area (TPSA) is 84.4 Å². The molecular formula is C19H20N4O3. The Labute approximate surface area is 151 Å². The van der Waals surface area contributed by atoms with E-state index in [1.807, 2.05) is 54.3 Å². The van der Waals surface area contributed by atoms with Crippen molar-refractivity contribution in [3.8, 4) is 11.5 Å². The second-order valence-electron chi connectivity index (χ2n) is 6.53. The molecule has 1 aliphatic rings. The second-order valence-corrected chi connectivity index (χ2v) is 6.53. The molecule has 3 heterocycles. The summed E-state index contributed by atoms with van der Waals surface area (Å²) < 4.78 is 11.2. The van der Waals surface area contributed by atoms with Crippen molar-refractivity contribution < 1.29 is 13.7 Å². The molecule has 0 aliphatic carbocycles. The molecule has 1 aromatic carbocycles. The van der Waals surface area contributed by atoms with E-state index in [-0.39, 0.29) is 17.9 Å². The highest BCUT2D eigenvalue weighted by atomic mass is 16.5. The third-order valence-electron chi connectivity index (χ3n) is 4.55. The maximum Gasteiger partial charge on any atom is 0.266 e. The molecule has 4 rings (SSSR count). The lowest BCUT2D eigenvalue weighted by Gasteiger charge is -2.16. The van der Waals surface area contributed by atoms with Crippen LogP contribution in [0, 0.1) is 6.92 Å². The van der Waals surface area contributed by atoms with Gasteiger partial charge < -0.3 is 19.2 Å². The number of benzene rings is 1. The quantitative estimate of drug-likeness (QED) is 0.777. The first-order valence-electron chi connectivity index (χ1n) is 8.57. The number of nitrogens with zero attached hydrogens (tertiary/aromatic N) is 3. The number of rotatable bonds is 4. The van der Waals surface area contributed by atoms with Gasteiger partial charge >= 0.3 is 0 Å². The zero-order valence-corrected chi connectivity index (χ0v) is 14.7. The van der Waals surface area contributed by atoms with Crippen LogP contribution in [-0.2, 0) is 4.79 Å². The minimum atomic E-state index is -0.0725. The number of amides is 1. The zero-order chi connectivity index (χ0) is 18.1. The SMILES string of the molecule is CC(=O)N[C@@H]1CN(c2noc(-c3ccccc3)n2)C[C@H]1c1ccc(C)o1. The highest BCUT2D eigenvalue weighted by Gasteiger charge is 2.38. The Bertz CT molecular complexity index is 902. The molecule has 2 atom stereocenters. The number of aryl methyl sites for hydroxylation is 1. The Morgan fingerprint density at radius 1 is 1.19 bits per heavy atom. The van der Waals surface area contributed by atoms with Gasteiger partial charge in [-0.2, -0.15) is 4.98 Å². The van der Waals surface area contributed by atoms with Crippen molar-refractivity contribution in [2.45, 2.75) is 25.8 Å². The van der Waals surface area contributed by atoms with Crippen LogP contribution >= 0.6 is 0 Å². The molecule has 1 N–H and O–H groups in total. The number of carbonyl (C=O) groups is 1. The average molecular weight is 352 g/mol. The maximum atomic E-state index is 11.6. The zero-order valence-electron chi connectivity index (χ0n) is 14.7. The van der Waals surface area contributed by atoms with E-state index >= 15 is 0 Å². The van der Waals surface area contributed by atoms with Gasteiger partial charge in [-0.1, -0.05) is 18.2 Å². The summed E-state index contributed by atoms with van der Waals surface area (Å²) in [6.07, 6.45) is 0. The number of aromatic nitrogens is 2. The molecule has 134 valence electrons. The first kappa shape index (κ1) is 16.4. The molecule has 1 aliphatic heterocycles. The Kier molecular flexibility index (Phi) is 4.20. The highest BCUT2D eigenvalue weighted by Crippen LogP contribution is 2.32. The van der Waals surface area contributed by atoms with Crippen molar-refractivity contribution in [1.82, 2.24) is 15.5 Å². The Balaban J connectivity index is 1.58. The van der Waals surface area contributed by atoms with E-state index in [1.54, 1.807) is 0 Å². The van der Waals surface area contributed by atoms with E-state index in [1.165, 1.54) is 6.92 Å². The van der Waals surface area contributed by atoms with Crippen LogP contribution in [0.25, 0.3) is 11.5 Å². The van der Waals surface area contributed by atoms with Gasteiger partial charge in [0, 0.05) is 25.6 Å². The summed E-state index contributed by atoms with van der Waals surface area (Å²) in [5.74, 6) is 2.68. The van der Waals surface area contributed by atoms with E-state index in [0.717, 1.165) is 17.1 Å². The predicted octanol–water partition coefficient (Wildman–Crippen LogP) is 2.75. The van der Waals surface area contributed by atoms with Crippen LogP contribution in [0.2, 0.25) is 0 Å². The molecule has 0 spiro atoms. The molecular weight excluding hydrogens is 332 g/mol. The van der Waals surface area contributed by atoms with Crippen molar-refractivity contribution in [3.63, 3.8) is 0 Å². The molecule has 2 aromatic heterocycles. The molecule has 1 amide bonds. The summed E-state index contributed by atoms with van der Waals surface area (Å²) in [6, 6.07) is 13.5. The average Bonchev–Trinajstić information content (AvgIpc) is 3.34. The van der Waals surface area contributed by atoms with E-state index < -0.39 is 0 Å². The van der Waals surface area contributed by atoms with E-state index in [0.29, 0.717) is 24.9 Å². The monoisotopic (exact) mass is 352 g/mol. The van der Waals surface area contributed by atoms with Crippen LogP contribution < -0.4 is 10.2 Å². The van der Waals surface area contributed by atoms with Crippen LogP contribution in [0.15, 0.2) is 51.4 Å². The number of hydrogen-bond acceptors (Lipinski definition) is 6. The molecule has 7 heteroatoms.